The summed E-state index contributed by atoms with van der Waals surface area (Å²) in [6.45, 7) is 0.639. The van der Waals surface area contributed by atoms with Gasteiger partial charge >= 0.3 is 6.09 Å². The van der Waals surface area contributed by atoms with Crippen molar-refractivity contribution in [2.45, 2.75) is 0 Å². The van der Waals surface area contributed by atoms with Crippen LogP contribution in [0.15, 0.2) is 24.3 Å². The molecule has 0 heterocycles. The molecule has 0 fully saturated rings. The third-order valence-electron chi connectivity index (χ3n) is 2.22. The molecule has 1 aromatic carbocycles. The summed E-state index contributed by atoms with van der Waals surface area (Å²) in [6, 6.07) is 5.23. The van der Waals surface area contributed by atoms with Crippen LogP contribution >= 0.6 is 23.2 Å². The van der Waals surface area contributed by atoms with E-state index in [-0.39, 0.29) is 23.2 Å². The zero-order valence-electron chi connectivity index (χ0n) is 9.92. The predicted molar refractivity (Wildman–Crippen MR) is 72.1 cm³/mol. The summed E-state index contributed by atoms with van der Waals surface area (Å²) in [4.78, 5) is 23.1. The fraction of sp³-hybridized carbons (Fsp3) is 0.364. The summed E-state index contributed by atoms with van der Waals surface area (Å²) in [7, 11) is 0. The molecule has 0 aliphatic heterocycles. The van der Waals surface area contributed by atoms with Crippen molar-refractivity contribution in [3.05, 3.63) is 34.4 Å². The van der Waals surface area contributed by atoms with Crippen molar-refractivity contribution < 1.29 is 14.5 Å². The molecular weight excluding hydrogens is 295 g/mol. The Morgan fingerprint density at radius 1 is 1.21 bits per heavy atom. The van der Waals surface area contributed by atoms with E-state index in [0.29, 0.717) is 13.1 Å². The van der Waals surface area contributed by atoms with Gasteiger partial charge in [0.1, 0.15) is 5.75 Å². The minimum Gasteiger partial charge on any atom is -0.410 e. The van der Waals surface area contributed by atoms with Gasteiger partial charge in [-0.3, -0.25) is 10.1 Å². The minimum absolute atomic E-state index is 0.0711. The number of nitro benzene ring substituents is 1. The van der Waals surface area contributed by atoms with Gasteiger partial charge in [0.2, 0.25) is 0 Å². The van der Waals surface area contributed by atoms with Crippen molar-refractivity contribution in [2.24, 2.45) is 0 Å². The first kappa shape index (κ1) is 15.5. The Labute approximate surface area is 120 Å². The van der Waals surface area contributed by atoms with Gasteiger partial charge in [-0.15, -0.1) is 23.2 Å². The van der Waals surface area contributed by atoms with Gasteiger partial charge in [0.25, 0.3) is 5.69 Å². The first-order valence-electron chi connectivity index (χ1n) is 5.41. The number of non-ortho nitro benzene ring substituents is 1. The summed E-state index contributed by atoms with van der Waals surface area (Å²) in [5.41, 5.74) is -0.0711. The molecule has 8 heteroatoms. The molecule has 0 spiro atoms. The number of nitro groups is 1. The zero-order valence-corrected chi connectivity index (χ0v) is 11.4. The number of ether oxygens (including phenoxy) is 1. The topological polar surface area (TPSA) is 72.7 Å². The molecule has 0 saturated heterocycles. The van der Waals surface area contributed by atoms with Gasteiger partial charge in [0.15, 0.2) is 0 Å². The van der Waals surface area contributed by atoms with Crippen molar-refractivity contribution in [3.63, 3.8) is 0 Å². The van der Waals surface area contributed by atoms with Crippen molar-refractivity contribution in [2.75, 3.05) is 24.8 Å². The van der Waals surface area contributed by atoms with Crippen LogP contribution in [0.2, 0.25) is 0 Å². The number of hydrogen-bond acceptors (Lipinski definition) is 4. The van der Waals surface area contributed by atoms with Gasteiger partial charge < -0.3 is 9.64 Å². The molecule has 104 valence electrons. The number of amides is 1. The number of alkyl halides is 2. The number of nitrogens with zero attached hydrogens (tertiary/aromatic N) is 2. The summed E-state index contributed by atoms with van der Waals surface area (Å²) < 4.78 is 5.06. The molecule has 0 atom stereocenters. The summed E-state index contributed by atoms with van der Waals surface area (Å²) in [5, 5.41) is 10.5. The average molecular weight is 307 g/mol. The number of carbonyl (C=O) groups excluding carboxylic acids is 1. The highest BCUT2D eigenvalue weighted by atomic mass is 35.5. The van der Waals surface area contributed by atoms with E-state index in [2.05, 4.69) is 0 Å². The summed E-state index contributed by atoms with van der Waals surface area (Å²) in [6.07, 6.45) is -0.588. The molecule has 0 bridgehead atoms. The molecule has 0 N–H and O–H groups in total. The molecular formula is C11H12Cl2N2O4. The second-order valence-electron chi connectivity index (χ2n) is 3.48. The molecule has 19 heavy (non-hydrogen) atoms. The lowest BCUT2D eigenvalue weighted by Gasteiger charge is -2.19. The Kier molecular flexibility index (Phi) is 6.38. The van der Waals surface area contributed by atoms with E-state index in [1.165, 1.54) is 29.2 Å². The standard InChI is InChI=1S/C11H12Cl2N2O4/c12-5-7-14(8-6-13)11(16)19-10-3-1-9(2-4-10)15(17)18/h1-4H,5-8H2. The molecule has 1 amide bonds. The smallest absolute Gasteiger partial charge is 0.410 e. The van der Waals surface area contributed by atoms with E-state index in [1.807, 2.05) is 0 Å². The van der Waals surface area contributed by atoms with Crippen LogP contribution < -0.4 is 4.74 Å². The van der Waals surface area contributed by atoms with Gasteiger partial charge in [0, 0.05) is 37.0 Å². The lowest BCUT2D eigenvalue weighted by atomic mass is 10.3. The molecule has 0 aliphatic rings. The van der Waals surface area contributed by atoms with Crippen molar-refractivity contribution in [1.82, 2.24) is 4.90 Å². The van der Waals surface area contributed by atoms with Crippen LogP contribution in [0.25, 0.3) is 0 Å². The maximum absolute atomic E-state index is 11.8. The molecule has 1 rings (SSSR count). The first-order valence-corrected chi connectivity index (χ1v) is 6.48. The first-order chi connectivity index (χ1) is 9.08. The second kappa shape index (κ2) is 7.81. The normalized spacial score (nSPS) is 10.0. The lowest BCUT2D eigenvalue weighted by Crippen LogP contribution is -2.36. The molecule has 0 aliphatic carbocycles. The van der Waals surface area contributed by atoms with Crippen LogP contribution in [-0.2, 0) is 0 Å². The maximum Gasteiger partial charge on any atom is 0.415 e. The number of benzene rings is 1. The van der Waals surface area contributed by atoms with Gasteiger partial charge in [-0.25, -0.2) is 4.79 Å². The lowest BCUT2D eigenvalue weighted by molar-refractivity contribution is -0.384. The Hall–Kier alpha value is -1.53. The fourth-order valence-corrected chi connectivity index (χ4v) is 1.71. The molecule has 6 nitrogen and oxygen atoms in total. The summed E-state index contributed by atoms with van der Waals surface area (Å²) >= 11 is 11.1. The molecule has 0 aromatic heterocycles. The van der Waals surface area contributed by atoms with Crippen LogP contribution in [-0.4, -0.2) is 40.8 Å². The van der Waals surface area contributed by atoms with Gasteiger partial charge in [0.05, 0.1) is 4.92 Å². The molecule has 0 unspecified atom stereocenters. The Morgan fingerprint density at radius 3 is 2.16 bits per heavy atom. The second-order valence-corrected chi connectivity index (χ2v) is 4.24. The van der Waals surface area contributed by atoms with Crippen molar-refractivity contribution in [3.8, 4) is 5.75 Å². The minimum atomic E-state index is -0.588. The molecule has 1 aromatic rings. The number of hydrogen-bond donors (Lipinski definition) is 0. The average Bonchev–Trinajstić information content (AvgIpc) is 2.39. The highest BCUT2D eigenvalue weighted by Gasteiger charge is 2.15. The molecule has 0 saturated carbocycles. The zero-order chi connectivity index (χ0) is 14.3. The quantitative estimate of drug-likeness (QED) is 0.460. The van der Waals surface area contributed by atoms with Crippen LogP contribution in [0.4, 0.5) is 10.5 Å². The van der Waals surface area contributed by atoms with E-state index < -0.39 is 11.0 Å². The fourth-order valence-electron chi connectivity index (χ4n) is 1.30. The highest BCUT2D eigenvalue weighted by Crippen LogP contribution is 2.18. The van der Waals surface area contributed by atoms with Crippen LogP contribution in [0.5, 0.6) is 5.75 Å². The Morgan fingerprint density at radius 2 is 1.74 bits per heavy atom. The van der Waals surface area contributed by atoms with E-state index in [9.17, 15) is 14.9 Å². The monoisotopic (exact) mass is 306 g/mol. The van der Waals surface area contributed by atoms with Crippen LogP contribution in [0, 0.1) is 10.1 Å². The van der Waals surface area contributed by atoms with Crippen LogP contribution in [0.3, 0.4) is 0 Å². The number of carbonyl (C=O) groups is 1. The SMILES string of the molecule is O=C(Oc1ccc([N+](=O)[O-])cc1)N(CCCl)CCCl. The van der Waals surface area contributed by atoms with E-state index in [4.69, 9.17) is 27.9 Å². The van der Waals surface area contributed by atoms with Crippen molar-refractivity contribution in [1.29, 1.82) is 0 Å². The highest BCUT2D eigenvalue weighted by molar-refractivity contribution is 6.18. The van der Waals surface area contributed by atoms with E-state index in [0.717, 1.165) is 0 Å². The van der Waals surface area contributed by atoms with Gasteiger partial charge in [-0.05, 0) is 12.1 Å². The van der Waals surface area contributed by atoms with E-state index >= 15 is 0 Å². The van der Waals surface area contributed by atoms with E-state index in [1.54, 1.807) is 0 Å². The maximum atomic E-state index is 11.8. The molecule has 0 radical (unpaired) electrons. The largest absolute Gasteiger partial charge is 0.415 e. The van der Waals surface area contributed by atoms with Gasteiger partial charge in [-0.1, -0.05) is 0 Å². The third kappa shape index (κ3) is 4.92. The summed E-state index contributed by atoms with van der Waals surface area (Å²) in [5.74, 6) is 0.767. The number of halogens is 2. The van der Waals surface area contributed by atoms with Gasteiger partial charge in [-0.2, -0.15) is 0 Å². The predicted octanol–water partition coefficient (Wildman–Crippen LogP) is 2.87. The van der Waals surface area contributed by atoms with Crippen molar-refractivity contribution >= 4 is 35.0 Å². The third-order valence-corrected chi connectivity index (χ3v) is 2.56. The number of rotatable bonds is 6. The van der Waals surface area contributed by atoms with Crippen LogP contribution in [0.1, 0.15) is 0 Å². The Balaban J connectivity index is 2.66. The Bertz CT molecular complexity index is 433.